The lowest BCUT2D eigenvalue weighted by molar-refractivity contribution is -0.306. The van der Waals surface area contributed by atoms with E-state index in [9.17, 15) is 29.7 Å². The number of hydrogen-bond acceptors (Lipinski definition) is 8. The van der Waals surface area contributed by atoms with Gasteiger partial charge in [-0.15, -0.1) is 0 Å². The Morgan fingerprint density at radius 2 is 1.59 bits per heavy atom. The Kier molecular flexibility index (Phi) is 5.20. The Morgan fingerprint density at radius 1 is 1.00 bits per heavy atom. The Balaban J connectivity index is 1.95. The predicted molar refractivity (Wildman–Crippen MR) is 112 cm³/mol. The highest BCUT2D eigenvalue weighted by molar-refractivity contribution is 6.03. The highest BCUT2D eigenvalue weighted by Gasteiger charge is 2.78. The summed E-state index contributed by atoms with van der Waals surface area (Å²) in [6, 6.07) is 0. The van der Waals surface area contributed by atoms with Crippen molar-refractivity contribution >= 4 is 17.7 Å². The fourth-order valence-corrected chi connectivity index (χ4v) is 8.13. The molecule has 8 heteroatoms. The number of Topliss-reactive ketones (excluding diaryl/α,β-unsaturated/α-hetero) is 1. The fraction of sp³-hybridized carbons (Fsp3) is 0.792. The van der Waals surface area contributed by atoms with Crippen molar-refractivity contribution < 1.29 is 39.2 Å². The zero-order valence-corrected chi connectivity index (χ0v) is 19.3. The molecule has 0 saturated heterocycles. The first-order chi connectivity index (χ1) is 14.7. The molecule has 4 aliphatic carbocycles. The van der Waals surface area contributed by atoms with Crippen LogP contribution in [0.4, 0.5) is 0 Å². The van der Waals surface area contributed by atoms with E-state index in [4.69, 9.17) is 9.47 Å². The molecule has 4 rings (SSSR count). The molecule has 0 aliphatic heterocycles. The van der Waals surface area contributed by atoms with Gasteiger partial charge in [0, 0.05) is 42.9 Å². The summed E-state index contributed by atoms with van der Waals surface area (Å²) in [5, 5.41) is 34.5. The van der Waals surface area contributed by atoms with E-state index in [1.165, 1.54) is 13.8 Å². The summed E-state index contributed by atoms with van der Waals surface area (Å²) in [6.07, 6.45) is -4.49. The summed E-state index contributed by atoms with van der Waals surface area (Å²) in [6.45, 7) is 12.0. The number of aliphatic hydroxyl groups excluding tert-OH is 3. The average Bonchev–Trinajstić information content (AvgIpc) is 2.85. The van der Waals surface area contributed by atoms with Crippen LogP contribution >= 0.6 is 0 Å². The smallest absolute Gasteiger partial charge is 0.303 e. The van der Waals surface area contributed by atoms with Gasteiger partial charge in [0.05, 0.1) is 17.6 Å². The maximum absolute atomic E-state index is 13.6. The molecule has 0 heterocycles. The van der Waals surface area contributed by atoms with Crippen LogP contribution in [0.2, 0.25) is 0 Å². The Hall–Kier alpha value is -1.77. The lowest BCUT2D eigenvalue weighted by Crippen LogP contribution is -2.76. The zero-order valence-electron chi connectivity index (χ0n) is 19.3. The Morgan fingerprint density at radius 3 is 2.16 bits per heavy atom. The molecule has 4 saturated carbocycles. The molecule has 0 radical (unpaired) electrons. The van der Waals surface area contributed by atoms with Gasteiger partial charge in [-0.3, -0.25) is 14.4 Å². The third kappa shape index (κ3) is 2.75. The van der Waals surface area contributed by atoms with Gasteiger partial charge < -0.3 is 24.8 Å². The van der Waals surface area contributed by atoms with Gasteiger partial charge >= 0.3 is 11.9 Å². The quantitative estimate of drug-likeness (QED) is 0.422. The summed E-state index contributed by atoms with van der Waals surface area (Å²) in [4.78, 5) is 37.5. The van der Waals surface area contributed by atoms with Crippen molar-refractivity contribution in [1.82, 2.24) is 0 Å². The first kappa shape index (κ1) is 23.4. The van der Waals surface area contributed by atoms with E-state index in [0.29, 0.717) is 18.4 Å². The number of fused-ring (bicyclic) bond motifs is 3. The maximum Gasteiger partial charge on any atom is 0.303 e. The van der Waals surface area contributed by atoms with Crippen LogP contribution in [0.3, 0.4) is 0 Å². The van der Waals surface area contributed by atoms with Gasteiger partial charge in [0.2, 0.25) is 0 Å². The van der Waals surface area contributed by atoms with E-state index < -0.39 is 70.5 Å². The monoisotopic (exact) mass is 450 g/mol. The zero-order chi connectivity index (χ0) is 24.0. The Labute approximate surface area is 188 Å². The largest absolute Gasteiger partial charge is 0.462 e. The molecule has 3 N–H and O–H groups in total. The van der Waals surface area contributed by atoms with E-state index >= 15 is 0 Å². The van der Waals surface area contributed by atoms with E-state index in [2.05, 4.69) is 6.58 Å². The number of hydrogen-bond donors (Lipinski definition) is 3. The lowest BCUT2D eigenvalue weighted by Gasteiger charge is -2.68. The number of aliphatic hydroxyl groups is 3. The second-order valence-electron chi connectivity index (χ2n) is 11.1. The van der Waals surface area contributed by atoms with Gasteiger partial charge in [-0.05, 0) is 24.3 Å². The molecule has 0 aromatic heterocycles. The van der Waals surface area contributed by atoms with Gasteiger partial charge in [0.25, 0.3) is 0 Å². The second kappa shape index (κ2) is 7.11. The van der Waals surface area contributed by atoms with E-state index in [1.54, 1.807) is 6.92 Å². The molecule has 0 aromatic carbocycles. The summed E-state index contributed by atoms with van der Waals surface area (Å²) < 4.78 is 11.2. The lowest BCUT2D eigenvalue weighted by atomic mass is 9.38. The maximum atomic E-state index is 13.6. The highest BCUT2D eigenvalue weighted by Crippen LogP contribution is 2.71. The number of ether oxygens (including phenoxy) is 2. The minimum Gasteiger partial charge on any atom is -0.462 e. The van der Waals surface area contributed by atoms with Crippen LogP contribution in [0.15, 0.2) is 12.2 Å². The number of carbonyl (C=O) groups is 3. The molecule has 2 bridgehead atoms. The van der Waals surface area contributed by atoms with Crippen LogP contribution in [0, 0.1) is 34.0 Å². The van der Waals surface area contributed by atoms with Gasteiger partial charge in [-0.1, -0.05) is 27.4 Å². The topological polar surface area (TPSA) is 130 Å². The minimum atomic E-state index is -1.39. The van der Waals surface area contributed by atoms with Crippen LogP contribution in [0.1, 0.15) is 53.9 Å². The number of rotatable bonds is 2. The number of ketones is 1. The van der Waals surface area contributed by atoms with Crippen LogP contribution in [-0.4, -0.2) is 63.6 Å². The van der Waals surface area contributed by atoms with Crippen molar-refractivity contribution in [3.63, 3.8) is 0 Å². The molecule has 0 amide bonds. The van der Waals surface area contributed by atoms with Crippen molar-refractivity contribution in [3.05, 3.63) is 12.2 Å². The van der Waals surface area contributed by atoms with Crippen LogP contribution in [-0.2, 0) is 23.9 Å². The SMILES string of the molecule is C=C1C(=O)[C@]23C[C@H]1C[C@H](O)[C@H]2[C@@]1(C)[C@H]([C@@H](OC(C)=O)[C@@H]3O)C(C)(C)[C@@H](OC(C)=O)C[C@@H]1O. The molecular formula is C24H34O8. The van der Waals surface area contributed by atoms with Gasteiger partial charge in [0.15, 0.2) is 5.78 Å². The summed E-state index contributed by atoms with van der Waals surface area (Å²) in [7, 11) is 0. The molecule has 4 aliphatic rings. The standard InChI is InChI=1S/C24H34O8/c1-10-13-7-14(27)18-23(6)15(28)8-16(31-11(2)25)22(4,5)19(23)17(32-12(3)26)21(30)24(18,9-13)20(10)29/h13-19,21,27-28,30H,1,7-9H2,2-6H3/t13-,14+,15+,16+,17-,18+,19-,21+,23+,24+/m1/s1. The van der Waals surface area contributed by atoms with Crippen molar-refractivity contribution in [2.45, 2.75) is 84.4 Å². The van der Waals surface area contributed by atoms with Gasteiger partial charge in [-0.25, -0.2) is 0 Å². The number of carbonyl (C=O) groups excluding carboxylic acids is 3. The number of esters is 2. The van der Waals surface area contributed by atoms with Crippen molar-refractivity contribution in [2.24, 2.45) is 34.0 Å². The van der Waals surface area contributed by atoms with Gasteiger partial charge in [-0.2, -0.15) is 0 Å². The highest BCUT2D eigenvalue weighted by atomic mass is 16.6. The molecular weight excluding hydrogens is 416 g/mol. The molecule has 4 fully saturated rings. The third-order valence-electron chi connectivity index (χ3n) is 9.16. The summed E-state index contributed by atoms with van der Waals surface area (Å²) >= 11 is 0. The van der Waals surface area contributed by atoms with E-state index in [0.717, 1.165) is 0 Å². The summed E-state index contributed by atoms with van der Waals surface area (Å²) in [5.41, 5.74) is -2.95. The Bertz CT molecular complexity index is 879. The van der Waals surface area contributed by atoms with E-state index in [1.807, 2.05) is 13.8 Å². The molecule has 1 spiro atoms. The first-order valence-electron chi connectivity index (χ1n) is 11.3. The second-order valence-corrected chi connectivity index (χ2v) is 11.1. The normalized spacial score (nSPS) is 49.1. The van der Waals surface area contributed by atoms with Crippen molar-refractivity contribution in [2.75, 3.05) is 0 Å². The number of allylic oxidation sites excluding steroid dienone is 1. The van der Waals surface area contributed by atoms with E-state index in [-0.39, 0.29) is 18.1 Å². The predicted octanol–water partition coefficient (Wildman–Crippen LogP) is 1.15. The molecule has 8 nitrogen and oxygen atoms in total. The fourth-order valence-electron chi connectivity index (χ4n) is 8.13. The van der Waals surface area contributed by atoms with Crippen LogP contribution < -0.4 is 0 Å². The van der Waals surface area contributed by atoms with Crippen molar-refractivity contribution in [3.8, 4) is 0 Å². The van der Waals surface area contributed by atoms with Crippen molar-refractivity contribution in [1.29, 1.82) is 0 Å². The van der Waals surface area contributed by atoms with Crippen LogP contribution in [0.25, 0.3) is 0 Å². The first-order valence-corrected chi connectivity index (χ1v) is 11.3. The van der Waals surface area contributed by atoms with Gasteiger partial charge in [0.1, 0.15) is 18.3 Å². The molecule has 0 unspecified atom stereocenters. The molecule has 10 atom stereocenters. The van der Waals surface area contributed by atoms with Crippen LogP contribution in [0.5, 0.6) is 0 Å². The molecule has 178 valence electrons. The third-order valence-corrected chi connectivity index (χ3v) is 9.16. The minimum absolute atomic E-state index is 0.111. The average molecular weight is 451 g/mol. The summed E-state index contributed by atoms with van der Waals surface area (Å²) in [5.74, 6) is -3.16. The molecule has 0 aromatic rings. The molecule has 32 heavy (non-hydrogen) atoms.